The summed E-state index contributed by atoms with van der Waals surface area (Å²) in [5, 5.41) is 0. The van der Waals surface area contributed by atoms with Gasteiger partial charge in [0.2, 0.25) is 0 Å². The summed E-state index contributed by atoms with van der Waals surface area (Å²) in [6.07, 6.45) is 1.54. The Hall–Kier alpha value is -2.01. The molecule has 0 radical (unpaired) electrons. The number of ether oxygens (including phenoxy) is 1. The van der Waals surface area contributed by atoms with Crippen LogP contribution in [0.15, 0.2) is 41.4 Å². The fourth-order valence-electron chi connectivity index (χ4n) is 2.38. The van der Waals surface area contributed by atoms with E-state index in [-0.39, 0.29) is 11.9 Å². The van der Waals surface area contributed by atoms with Crippen LogP contribution >= 0.6 is 11.8 Å². The van der Waals surface area contributed by atoms with Crippen LogP contribution in [-0.4, -0.2) is 23.3 Å². The number of nitrogens with two attached hydrogens (primary N) is 1. The van der Waals surface area contributed by atoms with Gasteiger partial charge < -0.3 is 10.5 Å². The summed E-state index contributed by atoms with van der Waals surface area (Å²) in [5.41, 5.74) is 8.48. The minimum atomic E-state index is -0.360. The maximum absolute atomic E-state index is 12.2. The van der Waals surface area contributed by atoms with E-state index in [0.29, 0.717) is 23.6 Å². The Morgan fingerprint density at radius 1 is 1.48 bits per heavy atom. The number of thioether (sulfide) groups is 1. The highest BCUT2D eigenvalue weighted by molar-refractivity contribution is 7.99. The zero-order chi connectivity index (χ0) is 14.8. The Bertz CT molecular complexity index is 688. The Morgan fingerprint density at radius 3 is 3.14 bits per heavy atom. The first-order valence-electron chi connectivity index (χ1n) is 6.76. The smallest absolute Gasteiger partial charge is 0.340 e. The number of fused-ring (bicyclic) bond motifs is 1. The number of carbonyl (C=O) groups excluding carboxylic acids is 1. The average Bonchev–Trinajstić information content (AvgIpc) is 2.90. The second kappa shape index (κ2) is 5.77. The molecule has 2 aromatic rings. The summed E-state index contributed by atoms with van der Waals surface area (Å²) in [6, 6.07) is 9.87. The summed E-state index contributed by atoms with van der Waals surface area (Å²) in [7, 11) is 0. The third kappa shape index (κ3) is 2.88. The minimum absolute atomic E-state index is 0.254. The molecule has 1 aliphatic rings. The highest BCUT2D eigenvalue weighted by atomic mass is 32.2. The summed E-state index contributed by atoms with van der Waals surface area (Å²) in [5.74, 6) is 0.840. The molecule has 5 heteroatoms. The fourth-order valence-corrected chi connectivity index (χ4v) is 3.61. The first-order chi connectivity index (χ1) is 10.1. The molecule has 0 fully saturated rings. The van der Waals surface area contributed by atoms with Crippen molar-refractivity contribution < 1.29 is 9.53 Å². The molecule has 0 aliphatic carbocycles. The van der Waals surface area contributed by atoms with Crippen molar-refractivity contribution in [3.8, 4) is 0 Å². The van der Waals surface area contributed by atoms with E-state index in [9.17, 15) is 4.79 Å². The van der Waals surface area contributed by atoms with E-state index in [1.165, 1.54) is 16.7 Å². The van der Waals surface area contributed by atoms with Crippen LogP contribution in [0.5, 0.6) is 0 Å². The molecule has 1 aromatic carbocycles. The number of nitrogen functional groups attached to an aromatic ring is 1. The molecule has 0 saturated carbocycles. The molecule has 4 nitrogen and oxygen atoms in total. The predicted octanol–water partition coefficient (Wildman–Crippen LogP) is 3.02. The van der Waals surface area contributed by atoms with E-state index in [1.807, 2.05) is 12.1 Å². The van der Waals surface area contributed by atoms with Crippen molar-refractivity contribution in [3.63, 3.8) is 0 Å². The van der Waals surface area contributed by atoms with Gasteiger partial charge in [-0.3, -0.25) is 4.98 Å². The molecule has 0 spiro atoms. The van der Waals surface area contributed by atoms with Crippen molar-refractivity contribution in [2.75, 3.05) is 18.1 Å². The molecule has 1 unspecified atom stereocenters. The van der Waals surface area contributed by atoms with Gasteiger partial charge in [0, 0.05) is 16.6 Å². The Morgan fingerprint density at radius 2 is 2.29 bits per heavy atom. The van der Waals surface area contributed by atoms with Gasteiger partial charge in [0.15, 0.2) is 0 Å². The van der Waals surface area contributed by atoms with Crippen molar-refractivity contribution in [2.45, 2.75) is 17.7 Å². The first-order valence-corrected chi connectivity index (χ1v) is 7.74. The van der Waals surface area contributed by atoms with Crippen LogP contribution in [0.1, 0.15) is 27.5 Å². The van der Waals surface area contributed by atoms with Crippen molar-refractivity contribution in [1.29, 1.82) is 0 Å². The minimum Gasteiger partial charge on any atom is -0.461 e. The summed E-state index contributed by atoms with van der Waals surface area (Å²) < 4.78 is 5.46. The van der Waals surface area contributed by atoms with E-state index < -0.39 is 0 Å². The summed E-state index contributed by atoms with van der Waals surface area (Å²) in [4.78, 5) is 17.5. The number of anilines is 1. The van der Waals surface area contributed by atoms with Gasteiger partial charge in [-0.15, -0.1) is 11.8 Å². The number of rotatable bonds is 3. The van der Waals surface area contributed by atoms with E-state index in [0.717, 1.165) is 5.75 Å². The van der Waals surface area contributed by atoms with Crippen LogP contribution in [-0.2, 0) is 4.74 Å². The van der Waals surface area contributed by atoms with Gasteiger partial charge in [-0.25, -0.2) is 4.79 Å². The zero-order valence-electron chi connectivity index (χ0n) is 11.7. The largest absolute Gasteiger partial charge is 0.461 e. The number of esters is 1. The van der Waals surface area contributed by atoms with Gasteiger partial charge in [-0.1, -0.05) is 18.2 Å². The molecular formula is C16H16N2O2S. The molecule has 0 amide bonds. The van der Waals surface area contributed by atoms with Crippen molar-refractivity contribution in [1.82, 2.24) is 4.98 Å². The number of hydrogen-bond donors (Lipinski definition) is 1. The van der Waals surface area contributed by atoms with Gasteiger partial charge in [0.05, 0.1) is 29.7 Å². The number of benzene rings is 1. The normalized spacial score (nSPS) is 16.5. The third-order valence-corrected chi connectivity index (χ3v) is 4.79. The maximum atomic E-state index is 12.2. The standard InChI is InChI=1S/C16H16N2O2S/c1-10-14(6-12(17)7-18-10)16(19)20-8-11-9-21-15-5-3-2-4-13(11)15/h2-7,11H,8-9,17H2,1H3. The van der Waals surface area contributed by atoms with Gasteiger partial charge >= 0.3 is 5.97 Å². The van der Waals surface area contributed by atoms with Gasteiger partial charge in [0.25, 0.3) is 0 Å². The number of pyridine rings is 1. The molecule has 21 heavy (non-hydrogen) atoms. The van der Waals surface area contributed by atoms with Crippen LogP contribution < -0.4 is 5.73 Å². The Balaban J connectivity index is 1.69. The average molecular weight is 300 g/mol. The molecule has 0 saturated heterocycles. The summed E-state index contributed by atoms with van der Waals surface area (Å²) in [6.45, 7) is 2.16. The lowest BCUT2D eigenvalue weighted by molar-refractivity contribution is 0.0486. The maximum Gasteiger partial charge on any atom is 0.340 e. The van der Waals surface area contributed by atoms with Crippen LogP contribution in [0.4, 0.5) is 5.69 Å². The van der Waals surface area contributed by atoms with Crippen LogP contribution in [0.3, 0.4) is 0 Å². The molecular weight excluding hydrogens is 284 g/mol. The molecule has 2 heterocycles. The monoisotopic (exact) mass is 300 g/mol. The van der Waals surface area contributed by atoms with Crippen LogP contribution in [0.2, 0.25) is 0 Å². The van der Waals surface area contributed by atoms with Crippen molar-refractivity contribution in [3.05, 3.63) is 53.3 Å². The van der Waals surface area contributed by atoms with Crippen molar-refractivity contribution >= 4 is 23.4 Å². The number of aromatic nitrogens is 1. The van der Waals surface area contributed by atoms with E-state index >= 15 is 0 Å². The molecule has 1 atom stereocenters. The quantitative estimate of drug-likeness (QED) is 0.883. The van der Waals surface area contributed by atoms with E-state index in [4.69, 9.17) is 10.5 Å². The van der Waals surface area contributed by atoms with Crippen LogP contribution in [0, 0.1) is 6.92 Å². The molecule has 0 bridgehead atoms. The second-order valence-corrected chi connectivity index (χ2v) is 6.11. The number of nitrogens with zero attached hydrogens (tertiary/aromatic N) is 1. The number of aryl methyl sites for hydroxylation is 1. The molecule has 2 N–H and O–H groups in total. The SMILES string of the molecule is Cc1ncc(N)cc1C(=O)OCC1CSc2ccccc21. The van der Waals surface area contributed by atoms with Gasteiger partial charge in [-0.2, -0.15) is 0 Å². The Kier molecular flexibility index (Phi) is 3.84. The predicted molar refractivity (Wildman–Crippen MR) is 83.6 cm³/mol. The topological polar surface area (TPSA) is 65.2 Å². The highest BCUT2D eigenvalue weighted by Crippen LogP contribution is 2.39. The second-order valence-electron chi connectivity index (χ2n) is 5.05. The van der Waals surface area contributed by atoms with Gasteiger partial charge in [0.1, 0.15) is 0 Å². The Labute approximate surface area is 127 Å². The third-order valence-electron chi connectivity index (χ3n) is 3.54. The summed E-state index contributed by atoms with van der Waals surface area (Å²) >= 11 is 1.81. The fraction of sp³-hybridized carbons (Fsp3) is 0.250. The molecule has 108 valence electrons. The van der Waals surface area contributed by atoms with Crippen LogP contribution in [0.25, 0.3) is 0 Å². The number of hydrogen-bond acceptors (Lipinski definition) is 5. The van der Waals surface area contributed by atoms with E-state index in [2.05, 4.69) is 17.1 Å². The van der Waals surface area contributed by atoms with Gasteiger partial charge in [-0.05, 0) is 24.6 Å². The van der Waals surface area contributed by atoms with Crippen molar-refractivity contribution in [2.24, 2.45) is 0 Å². The van der Waals surface area contributed by atoms with E-state index in [1.54, 1.807) is 24.8 Å². The molecule has 3 rings (SSSR count). The lowest BCUT2D eigenvalue weighted by Crippen LogP contribution is -2.14. The zero-order valence-corrected chi connectivity index (χ0v) is 12.5. The molecule has 1 aliphatic heterocycles. The number of carbonyl (C=O) groups is 1. The first kappa shape index (κ1) is 13.9. The lowest BCUT2D eigenvalue weighted by Gasteiger charge is -2.12. The molecule has 1 aromatic heterocycles. The lowest BCUT2D eigenvalue weighted by atomic mass is 10.0. The highest BCUT2D eigenvalue weighted by Gasteiger charge is 2.24.